The van der Waals surface area contributed by atoms with Crippen LogP contribution in [0.15, 0.2) is 47.5 Å². The number of aromatic nitrogens is 2. The summed E-state index contributed by atoms with van der Waals surface area (Å²) < 4.78 is 1.83. The highest BCUT2D eigenvalue weighted by Crippen LogP contribution is 2.20. The predicted octanol–water partition coefficient (Wildman–Crippen LogP) is 4.71. The number of aliphatic imine (C=N–C) groups is 1. The van der Waals surface area contributed by atoms with E-state index in [1.54, 1.807) is 6.07 Å². The summed E-state index contributed by atoms with van der Waals surface area (Å²) in [7, 11) is 1.91. The molecule has 0 aliphatic rings. The van der Waals surface area contributed by atoms with E-state index in [4.69, 9.17) is 11.6 Å². The van der Waals surface area contributed by atoms with Gasteiger partial charge in [0.25, 0.3) is 5.91 Å². The van der Waals surface area contributed by atoms with Gasteiger partial charge < -0.3 is 5.32 Å². The predicted molar refractivity (Wildman–Crippen MR) is 122 cm³/mol. The third-order valence-corrected chi connectivity index (χ3v) is 5.36. The average Bonchev–Trinajstić information content (AvgIpc) is 2.94. The number of nitrogens with one attached hydrogen (secondary N) is 2. The van der Waals surface area contributed by atoms with Crippen molar-refractivity contribution in [2.75, 3.05) is 5.32 Å². The second kappa shape index (κ2) is 9.13. The zero-order valence-corrected chi connectivity index (χ0v) is 18.6. The van der Waals surface area contributed by atoms with E-state index in [2.05, 4.69) is 20.7 Å². The third-order valence-electron chi connectivity index (χ3n) is 5.13. The first-order valence-electron chi connectivity index (χ1n) is 9.70. The van der Waals surface area contributed by atoms with Crippen molar-refractivity contribution in [2.24, 2.45) is 12.0 Å². The van der Waals surface area contributed by atoms with E-state index in [0.29, 0.717) is 23.1 Å². The molecule has 0 spiro atoms. The van der Waals surface area contributed by atoms with Gasteiger partial charge in [0, 0.05) is 34.6 Å². The van der Waals surface area contributed by atoms with E-state index in [-0.39, 0.29) is 5.91 Å². The van der Waals surface area contributed by atoms with Crippen molar-refractivity contribution in [3.8, 4) is 0 Å². The summed E-state index contributed by atoms with van der Waals surface area (Å²) in [4.78, 5) is 17.6. The van der Waals surface area contributed by atoms with Gasteiger partial charge in [-0.2, -0.15) is 5.10 Å². The zero-order chi connectivity index (χ0) is 21.8. The van der Waals surface area contributed by atoms with Crippen LogP contribution in [0.25, 0.3) is 0 Å². The Balaban J connectivity index is 1.92. The molecule has 156 valence electrons. The van der Waals surface area contributed by atoms with Gasteiger partial charge >= 0.3 is 0 Å². The number of hydrogen-bond acceptors (Lipinski definition) is 3. The lowest BCUT2D eigenvalue weighted by Crippen LogP contribution is -2.36. The van der Waals surface area contributed by atoms with Crippen molar-refractivity contribution < 1.29 is 4.79 Å². The van der Waals surface area contributed by atoms with Crippen LogP contribution in [-0.2, 0) is 13.6 Å². The summed E-state index contributed by atoms with van der Waals surface area (Å²) >= 11 is 6.16. The summed E-state index contributed by atoms with van der Waals surface area (Å²) in [5.41, 5.74) is 6.26. The zero-order valence-electron chi connectivity index (χ0n) is 17.9. The molecule has 0 bridgehead atoms. The van der Waals surface area contributed by atoms with Gasteiger partial charge in [0.1, 0.15) is 0 Å². The Morgan fingerprint density at radius 3 is 2.50 bits per heavy atom. The van der Waals surface area contributed by atoms with Gasteiger partial charge in [-0.3, -0.25) is 14.8 Å². The minimum absolute atomic E-state index is 0.223. The van der Waals surface area contributed by atoms with Crippen molar-refractivity contribution in [3.05, 3.63) is 81.1 Å². The number of carbonyl (C=O) groups excluding carboxylic acids is 1. The van der Waals surface area contributed by atoms with E-state index in [1.165, 1.54) is 0 Å². The van der Waals surface area contributed by atoms with E-state index in [0.717, 1.165) is 33.8 Å². The molecule has 2 aromatic carbocycles. The number of rotatable bonds is 4. The summed E-state index contributed by atoms with van der Waals surface area (Å²) in [5, 5.41) is 11.2. The number of amides is 1. The summed E-state index contributed by atoms with van der Waals surface area (Å²) in [6, 6.07) is 13.0. The van der Waals surface area contributed by atoms with E-state index in [1.807, 2.05) is 75.8 Å². The Hall–Kier alpha value is -3.12. The number of hydrogen-bond donors (Lipinski definition) is 2. The maximum absolute atomic E-state index is 12.9. The van der Waals surface area contributed by atoms with Gasteiger partial charge in [0.05, 0.1) is 12.2 Å². The quantitative estimate of drug-likeness (QED) is 0.471. The highest BCUT2D eigenvalue weighted by atomic mass is 35.5. The second-order valence-corrected chi connectivity index (χ2v) is 7.73. The Labute approximate surface area is 182 Å². The highest BCUT2D eigenvalue weighted by Gasteiger charge is 2.14. The molecule has 3 aromatic rings. The SMILES string of the molecule is Cc1ccc(Cl)cc1NC(=NCc1c(C)nn(C)c1C)NC(=O)c1ccccc1C. The fourth-order valence-corrected chi connectivity index (χ4v) is 3.35. The van der Waals surface area contributed by atoms with Crippen LogP contribution in [0.5, 0.6) is 0 Å². The number of anilines is 1. The van der Waals surface area contributed by atoms with Crippen molar-refractivity contribution in [1.29, 1.82) is 0 Å². The Bertz CT molecular complexity index is 1120. The molecule has 1 aromatic heterocycles. The lowest BCUT2D eigenvalue weighted by atomic mass is 10.1. The molecule has 0 atom stereocenters. The van der Waals surface area contributed by atoms with Gasteiger partial charge in [-0.25, -0.2) is 4.99 Å². The van der Waals surface area contributed by atoms with Crippen LogP contribution in [0.2, 0.25) is 5.02 Å². The number of carbonyl (C=O) groups is 1. The minimum atomic E-state index is -0.223. The highest BCUT2D eigenvalue weighted by molar-refractivity contribution is 6.31. The molecule has 6 nitrogen and oxygen atoms in total. The molecule has 0 fully saturated rings. The number of nitrogens with zero attached hydrogens (tertiary/aromatic N) is 3. The second-order valence-electron chi connectivity index (χ2n) is 7.29. The number of benzene rings is 2. The third kappa shape index (κ3) is 4.89. The first kappa shape index (κ1) is 21.6. The topological polar surface area (TPSA) is 71.3 Å². The van der Waals surface area contributed by atoms with Crippen LogP contribution >= 0.6 is 11.6 Å². The van der Waals surface area contributed by atoms with Gasteiger partial charge in [-0.1, -0.05) is 35.9 Å². The van der Waals surface area contributed by atoms with Gasteiger partial charge in [0.15, 0.2) is 0 Å². The standard InChI is InChI=1S/C23H26ClN5O/c1-14-8-6-7-9-19(14)22(30)27-23(26-21-12-18(24)11-10-15(21)2)25-13-20-16(3)28-29(5)17(20)4/h6-12H,13H2,1-5H3,(H2,25,26,27,30). The molecule has 0 unspecified atom stereocenters. The molecule has 30 heavy (non-hydrogen) atoms. The summed E-state index contributed by atoms with van der Waals surface area (Å²) in [5.74, 6) is 0.134. The Kier molecular flexibility index (Phi) is 6.57. The lowest BCUT2D eigenvalue weighted by Gasteiger charge is -2.15. The number of halogens is 1. The van der Waals surface area contributed by atoms with Gasteiger partial charge in [-0.15, -0.1) is 0 Å². The average molecular weight is 424 g/mol. The minimum Gasteiger partial charge on any atom is -0.326 e. The maximum Gasteiger partial charge on any atom is 0.258 e. The van der Waals surface area contributed by atoms with Crippen LogP contribution in [0.3, 0.4) is 0 Å². The van der Waals surface area contributed by atoms with Gasteiger partial charge in [-0.05, 0) is 57.0 Å². The Morgan fingerprint density at radius 1 is 1.10 bits per heavy atom. The van der Waals surface area contributed by atoms with Crippen molar-refractivity contribution in [1.82, 2.24) is 15.1 Å². The molecule has 0 saturated carbocycles. The number of guanidine groups is 1. The summed E-state index contributed by atoms with van der Waals surface area (Å²) in [6.45, 7) is 8.22. The molecule has 0 aliphatic heterocycles. The fraction of sp³-hybridized carbons (Fsp3) is 0.261. The fourth-order valence-electron chi connectivity index (χ4n) is 3.17. The van der Waals surface area contributed by atoms with Crippen LogP contribution < -0.4 is 10.6 Å². The summed E-state index contributed by atoms with van der Waals surface area (Å²) in [6.07, 6.45) is 0. The molecule has 3 rings (SSSR count). The molecule has 1 amide bonds. The van der Waals surface area contributed by atoms with Gasteiger partial charge in [0.2, 0.25) is 5.96 Å². The lowest BCUT2D eigenvalue weighted by molar-refractivity contribution is 0.0976. The molecular formula is C23H26ClN5O. The van der Waals surface area contributed by atoms with E-state index < -0.39 is 0 Å². The molecule has 0 saturated heterocycles. The monoisotopic (exact) mass is 423 g/mol. The van der Waals surface area contributed by atoms with Crippen molar-refractivity contribution in [3.63, 3.8) is 0 Å². The van der Waals surface area contributed by atoms with E-state index >= 15 is 0 Å². The van der Waals surface area contributed by atoms with Crippen molar-refractivity contribution in [2.45, 2.75) is 34.2 Å². The molecular weight excluding hydrogens is 398 g/mol. The van der Waals surface area contributed by atoms with Crippen LogP contribution in [0, 0.1) is 27.7 Å². The molecule has 7 heteroatoms. The van der Waals surface area contributed by atoms with Crippen LogP contribution in [0.4, 0.5) is 5.69 Å². The van der Waals surface area contributed by atoms with Crippen LogP contribution in [-0.4, -0.2) is 21.6 Å². The smallest absolute Gasteiger partial charge is 0.258 e. The number of aryl methyl sites for hydroxylation is 4. The molecule has 2 N–H and O–H groups in total. The normalized spacial score (nSPS) is 11.5. The maximum atomic E-state index is 12.9. The van der Waals surface area contributed by atoms with E-state index in [9.17, 15) is 4.79 Å². The Morgan fingerprint density at radius 2 is 1.83 bits per heavy atom. The van der Waals surface area contributed by atoms with Crippen molar-refractivity contribution >= 4 is 29.2 Å². The first-order chi connectivity index (χ1) is 14.3. The first-order valence-corrected chi connectivity index (χ1v) is 10.1. The molecule has 0 aliphatic carbocycles. The molecule has 1 heterocycles. The largest absolute Gasteiger partial charge is 0.326 e. The molecule has 0 radical (unpaired) electrons. The van der Waals surface area contributed by atoms with Crippen LogP contribution in [0.1, 0.15) is 38.4 Å².